The predicted molar refractivity (Wildman–Crippen MR) is 72.9 cm³/mol. The first-order valence-electron chi connectivity index (χ1n) is 5.02. The van der Waals surface area contributed by atoms with Crippen LogP contribution in [0.15, 0.2) is 35.7 Å². The zero-order valence-corrected chi connectivity index (χ0v) is 11.0. The van der Waals surface area contributed by atoms with E-state index in [0.29, 0.717) is 4.99 Å². The Hall–Kier alpha value is -1.40. The van der Waals surface area contributed by atoms with Gasteiger partial charge < -0.3 is 10.3 Å². The second-order valence-corrected chi connectivity index (χ2v) is 4.96. The summed E-state index contributed by atoms with van der Waals surface area (Å²) in [6.07, 6.45) is 1.69. The van der Waals surface area contributed by atoms with Crippen LogP contribution < -0.4 is 5.73 Å². The molecule has 88 valence electrons. The van der Waals surface area contributed by atoms with E-state index < -0.39 is 0 Å². The van der Waals surface area contributed by atoms with Gasteiger partial charge in [0.15, 0.2) is 5.16 Å². The highest BCUT2D eigenvalue weighted by Gasteiger charge is 2.02. The first kappa shape index (κ1) is 12.1. The van der Waals surface area contributed by atoms with E-state index in [2.05, 4.69) is 10.2 Å². The number of nitrogens with two attached hydrogens (primary N) is 1. The molecule has 0 aliphatic rings. The average Bonchev–Trinajstić information content (AvgIpc) is 2.73. The molecule has 1 aromatic carbocycles. The van der Waals surface area contributed by atoms with Gasteiger partial charge in [0.1, 0.15) is 11.3 Å². The summed E-state index contributed by atoms with van der Waals surface area (Å²) >= 11 is 6.55. The molecule has 17 heavy (non-hydrogen) atoms. The summed E-state index contributed by atoms with van der Waals surface area (Å²) in [4.78, 5) is 0.428. The number of aryl methyl sites for hydroxylation is 1. The third-order valence-electron chi connectivity index (χ3n) is 2.28. The van der Waals surface area contributed by atoms with Crippen LogP contribution in [0.5, 0.6) is 0 Å². The SMILES string of the molecule is Cn1cnnc1SCc1ccc(C(N)=S)cc1. The highest BCUT2D eigenvalue weighted by molar-refractivity contribution is 7.98. The van der Waals surface area contributed by atoms with E-state index in [1.54, 1.807) is 18.1 Å². The van der Waals surface area contributed by atoms with Gasteiger partial charge in [0, 0.05) is 18.4 Å². The highest BCUT2D eigenvalue weighted by atomic mass is 32.2. The molecule has 0 spiro atoms. The molecule has 0 unspecified atom stereocenters. The third-order valence-corrected chi connectivity index (χ3v) is 3.62. The monoisotopic (exact) mass is 264 g/mol. The number of nitrogens with zero attached hydrogens (tertiary/aromatic N) is 3. The van der Waals surface area contributed by atoms with Crippen molar-refractivity contribution >= 4 is 29.0 Å². The molecule has 0 bridgehead atoms. The van der Waals surface area contributed by atoms with Crippen molar-refractivity contribution in [1.29, 1.82) is 0 Å². The van der Waals surface area contributed by atoms with Crippen LogP contribution >= 0.6 is 24.0 Å². The van der Waals surface area contributed by atoms with Gasteiger partial charge in [0.25, 0.3) is 0 Å². The minimum absolute atomic E-state index is 0.428. The van der Waals surface area contributed by atoms with E-state index in [1.807, 2.05) is 35.9 Å². The summed E-state index contributed by atoms with van der Waals surface area (Å²) in [6, 6.07) is 7.93. The molecule has 0 aliphatic heterocycles. The van der Waals surface area contributed by atoms with E-state index in [0.717, 1.165) is 16.5 Å². The fourth-order valence-electron chi connectivity index (χ4n) is 1.32. The van der Waals surface area contributed by atoms with E-state index in [-0.39, 0.29) is 0 Å². The molecule has 0 saturated heterocycles. The number of thiocarbonyl (C=S) groups is 1. The third kappa shape index (κ3) is 3.04. The molecule has 0 fully saturated rings. The summed E-state index contributed by atoms with van der Waals surface area (Å²) in [6.45, 7) is 0. The Morgan fingerprint density at radius 2 is 2.12 bits per heavy atom. The zero-order valence-electron chi connectivity index (χ0n) is 9.33. The van der Waals surface area contributed by atoms with Crippen LogP contribution in [-0.2, 0) is 12.8 Å². The Bertz CT molecular complexity index is 519. The molecule has 0 amide bonds. The lowest BCUT2D eigenvalue weighted by Crippen LogP contribution is -2.08. The largest absolute Gasteiger partial charge is 0.389 e. The first-order valence-corrected chi connectivity index (χ1v) is 6.42. The maximum absolute atomic E-state index is 5.54. The smallest absolute Gasteiger partial charge is 0.191 e. The number of thioether (sulfide) groups is 1. The van der Waals surface area contributed by atoms with Gasteiger partial charge in [-0.2, -0.15) is 0 Å². The second-order valence-electron chi connectivity index (χ2n) is 3.57. The number of rotatable bonds is 4. The number of aromatic nitrogens is 3. The standard InChI is InChI=1S/C11H12N4S2/c1-15-7-13-14-11(15)17-6-8-2-4-9(5-3-8)10(12)16/h2-5,7H,6H2,1H3,(H2,12,16). The molecule has 1 heterocycles. The normalized spacial score (nSPS) is 10.4. The van der Waals surface area contributed by atoms with Crippen LogP contribution in [0, 0.1) is 0 Å². The quantitative estimate of drug-likeness (QED) is 0.673. The molecule has 1 aromatic heterocycles. The molecular formula is C11H12N4S2. The zero-order chi connectivity index (χ0) is 12.3. The van der Waals surface area contributed by atoms with Crippen molar-refractivity contribution in [2.75, 3.05) is 0 Å². The molecule has 0 atom stereocenters. The molecule has 2 N–H and O–H groups in total. The molecule has 6 heteroatoms. The Kier molecular flexibility index (Phi) is 3.75. The fourth-order valence-corrected chi connectivity index (χ4v) is 2.30. The molecular weight excluding hydrogens is 252 g/mol. The number of hydrogen-bond donors (Lipinski definition) is 1. The van der Waals surface area contributed by atoms with Crippen molar-refractivity contribution in [3.8, 4) is 0 Å². The summed E-state index contributed by atoms with van der Waals surface area (Å²) in [5.74, 6) is 0.851. The topological polar surface area (TPSA) is 56.7 Å². The van der Waals surface area contributed by atoms with E-state index in [1.165, 1.54) is 5.56 Å². The molecule has 4 nitrogen and oxygen atoms in total. The number of hydrogen-bond acceptors (Lipinski definition) is 4. The van der Waals surface area contributed by atoms with Crippen molar-refractivity contribution in [1.82, 2.24) is 14.8 Å². The molecule has 2 aromatic rings. The van der Waals surface area contributed by atoms with Crippen molar-refractivity contribution in [3.63, 3.8) is 0 Å². The van der Waals surface area contributed by atoms with Crippen molar-refractivity contribution < 1.29 is 0 Å². The Labute approximate surface area is 109 Å². The fraction of sp³-hybridized carbons (Fsp3) is 0.182. The lowest BCUT2D eigenvalue weighted by atomic mass is 10.1. The van der Waals surface area contributed by atoms with Crippen molar-refractivity contribution in [2.24, 2.45) is 12.8 Å². The van der Waals surface area contributed by atoms with Gasteiger partial charge in [-0.25, -0.2) is 0 Å². The average molecular weight is 264 g/mol. The van der Waals surface area contributed by atoms with Crippen LogP contribution in [0.4, 0.5) is 0 Å². The van der Waals surface area contributed by atoms with Crippen LogP contribution in [0.1, 0.15) is 11.1 Å². The minimum atomic E-state index is 0.428. The maximum Gasteiger partial charge on any atom is 0.191 e. The molecule has 2 rings (SSSR count). The Balaban J connectivity index is 2.00. The number of benzene rings is 1. The molecule has 0 radical (unpaired) electrons. The van der Waals surface area contributed by atoms with Gasteiger partial charge in [-0.15, -0.1) is 10.2 Å². The second kappa shape index (κ2) is 5.29. The van der Waals surface area contributed by atoms with Crippen molar-refractivity contribution in [3.05, 3.63) is 41.7 Å². The summed E-state index contributed by atoms with van der Waals surface area (Å²) in [5, 5.41) is 8.75. The first-order chi connectivity index (χ1) is 8.16. The molecule has 0 aliphatic carbocycles. The van der Waals surface area contributed by atoms with Crippen LogP contribution in [0.2, 0.25) is 0 Å². The highest BCUT2D eigenvalue weighted by Crippen LogP contribution is 2.19. The van der Waals surface area contributed by atoms with Gasteiger partial charge in [-0.1, -0.05) is 48.2 Å². The lowest BCUT2D eigenvalue weighted by molar-refractivity contribution is 0.788. The predicted octanol–water partition coefficient (Wildman–Crippen LogP) is 1.74. The van der Waals surface area contributed by atoms with Crippen LogP contribution in [-0.4, -0.2) is 19.8 Å². The van der Waals surface area contributed by atoms with Crippen molar-refractivity contribution in [2.45, 2.75) is 10.9 Å². The minimum Gasteiger partial charge on any atom is -0.389 e. The summed E-state index contributed by atoms with van der Waals surface area (Å²) in [7, 11) is 1.93. The van der Waals surface area contributed by atoms with Crippen LogP contribution in [0.25, 0.3) is 0 Å². The maximum atomic E-state index is 5.54. The van der Waals surface area contributed by atoms with E-state index >= 15 is 0 Å². The van der Waals surface area contributed by atoms with Gasteiger partial charge >= 0.3 is 0 Å². The van der Waals surface area contributed by atoms with E-state index in [9.17, 15) is 0 Å². The Morgan fingerprint density at radius 3 is 2.65 bits per heavy atom. The van der Waals surface area contributed by atoms with Gasteiger partial charge in [0.05, 0.1) is 0 Å². The van der Waals surface area contributed by atoms with E-state index in [4.69, 9.17) is 18.0 Å². The van der Waals surface area contributed by atoms with Gasteiger partial charge in [0.2, 0.25) is 0 Å². The van der Waals surface area contributed by atoms with Crippen LogP contribution in [0.3, 0.4) is 0 Å². The summed E-state index contributed by atoms with van der Waals surface area (Å²) in [5.41, 5.74) is 7.64. The Morgan fingerprint density at radius 1 is 1.41 bits per heavy atom. The summed E-state index contributed by atoms with van der Waals surface area (Å²) < 4.78 is 1.90. The van der Waals surface area contributed by atoms with Gasteiger partial charge in [-0.05, 0) is 5.56 Å². The van der Waals surface area contributed by atoms with Gasteiger partial charge in [-0.3, -0.25) is 0 Å². The molecule has 0 saturated carbocycles. The lowest BCUT2D eigenvalue weighted by Gasteiger charge is -2.02.